The Morgan fingerprint density at radius 2 is 2.18 bits per heavy atom. The summed E-state index contributed by atoms with van der Waals surface area (Å²) in [6.45, 7) is 9.49. The van der Waals surface area contributed by atoms with Crippen molar-refractivity contribution in [2.24, 2.45) is 5.92 Å². The van der Waals surface area contributed by atoms with Crippen molar-refractivity contribution >= 4 is 0 Å². The minimum absolute atomic E-state index is 0.286. The van der Waals surface area contributed by atoms with Crippen LogP contribution in [0.3, 0.4) is 0 Å². The smallest absolute Gasteiger partial charge is 0.0868 e. The lowest BCUT2D eigenvalue weighted by atomic mass is 9.91. The van der Waals surface area contributed by atoms with Crippen LogP contribution in [-0.2, 0) is 4.74 Å². The second-order valence-corrected chi connectivity index (χ2v) is 5.01. The van der Waals surface area contributed by atoms with Crippen molar-refractivity contribution in [3.05, 3.63) is 34.9 Å². The molecule has 1 saturated heterocycles. The van der Waals surface area contributed by atoms with Gasteiger partial charge in [-0.25, -0.2) is 0 Å². The van der Waals surface area contributed by atoms with Crippen LogP contribution in [0.4, 0.5) is 0 Å². The maximum absolute atomic E-state index is 5.94. The van der Waals surface area contributed by atoms with E-state index in [1.807, 2.05) is 0 Å². The van der Waals surface area contributed by atoms with Crippen LogP contribution in [0.25, 0.3) is 0 Å². The Morgan fingerprint density at radius 3 is 2.94 bits per heavy atom. The Morgan fingerprint density at radius 1 is 1.35 bits per heavy atom. The maximum Gasteiger partial charge on any atom is 0.0868 e. The molecule has 1 aromatic rings. The second-order valence-electron chi connectivity index (χ2n) is 5.01. The van der Waals surface area contributed by atoms with Crippen molar-refractivity contribution in [1.82, 2.24) is 5.32 Å². The molecule has 2 heteroatoms. The summed E-state index contributed by atoms with van der Waals surface area (Å²) in [5.74, 6) is 0.621. The van der Waals surface area contributed by atoms with E-state index in [1.54, 1.807) is 0 Å². The molecule has 0 aromatic heterocycles. The highest BCUT2D eigenvalue weighted by molar-refractivity contribution is 5.33. The lowest BCUT2D eigenvalue weighted by Gasteiger charge is -2.21. The molecule has 2 rings (SSSR count). The van der Waals surface area contributed by atoms with E-state index < -0.39 is 0 Å². The average molecular weight is 233 g/mol. The normalized spacial score (nSPS) is 24.2. The molecule has 0 aliphatic carbocycles. The quantitative estimate of drug-likeness (QED) is 0.863. The molecule has 1 aromatic carbocycles. The fourth-order valence-corrected chi connectivity index (χ4v) is 2.58. The SMILES string of the molecule is CCNCC1CCOC1c1cc(C)ccc1C. The topological polar surface area (TPSA) is 21.3 Å². The van der Waals surface area contributed by atoms with Crippen molar-refractivity contribution in [1.29, 1.82) is 0 Å². The van der Waals surface area contributed by atoms with Gasteiger partial charge >= 0.3 is 0 Å². The van der Waals surface area contributed by atoms with Crippen molar-refractivity contribution < 1.29 is 4.74 Å². The van der Waals surface area contributed by atoms with Gasteiger partial charge in [0.05, 0.1) is 6.10 Å². The highest BCUT2D eigenvalue weighted by atomic mass is 16.5. The number of nitrogens with one attached hydrogen (secondary N) is 1. The van der Waals surface area contributed by atoms with Gasteiger partial charge in [0.2, 0.25) is 0 Å². The fraction of sp³-hybridized carbons (Fsp3) is 0.600. The Hall–Kier alpha value is -0.860. The van der Waals surface area contributed by atoms with Gasteiger partial charge in [-0.05, 0) is 37.9 Å². The van der Waals surface area contributed by atoms with Gasteiger partial charge in [0, 0.05) is 19.1 Å². The van der Waals surface area contributed by atoms with Gasteiger partial charge in [0.1, 0.15) is 0 Å². The molecule has 1 aliphatic rings. The molecule has 2 nitrogen and oxygen atoms in total. The Bertz CT molecular complexity index is 375. The van der Waals surface area contributed by atoms with E-state index >= 15 is 0 Å². The zero-order valence-electron chi connectivity index (χ0n) is 11.1. The van der Waals surface area contributed by atoms with Crippen molar-refractivity contribution in [2.45, 2.75) is 33.3 Å². The standard InChI is InChI=1S/C15H23NO/c1-4-16-10-13-7-8-17-15(13)14-9-11(2)5-6-12(14)3/h5-6,9,13,15-16H,4,7-8,10H2,1-3H3. The first-order valence-corrected chi connectivity index (χ1v) is 6.62. The van der Waals surface area contributed by atoms with Gasteiger partial charge in [-0.1, -0.05) is 30.7 Å². The monoisotopic (exact) mass is 233 g/mol. The van der Waals surface area contributed by atoms with Crippen LogP contribution < -0.4 is 5.32 Å². The number of hydrogen-bond acceptors (Lipinski definition) is 2. The van der Waals surface area contributed by atoms with E-state index in [0.29, 0.717) is 5.92 Å². The minimum atomic E-state index is 0.286. The number of aryl methyl sites for hydroxylation is 2. The van der Waals surface area contributed by atoms with Gasteiger partial charge in [0.25, 0.3) is 0 Å². The summed E-state index contributed by atoms with van der Waals surface area (Å²) in [5, 5.41) is 3.44. The summed E-state index contributed by atoms with van der Waals surface area (Å²) in [7, 11) is 0. The molecule has 94 valence electrons. The molecule has 0 bridgehead atoms. The summed E-state index contributed by atoms with van der Waals surface area (Å²) < 4.78 is 5.94. The first kappa shape index (κ1) is 12.6. The summed E-state index contributed by atoms with van der Waals surface area (Å²) in [6.07, 6.45) is 1.46. The van der Waals surface area contributed by atoms with Gasteiger partial charge in [-0.2, -0.15) is 0 Å². The van der Waals surface area contributed by atoms with Gasteiger partial charge in [-0.3, -0.25) is 0 Å². The number of ether oxygens (including phenoxy) is 1. The Balaban J connectivity index is 2.16. The molecule has 0 saturated carbocycles. The predicted octanol–water partition coefficient (Wildman–Crippen LogP) is 2.99. The summed E-state index contributed by atoms with van der Waals surface area (Å²) in [5.41, 5.74) is 4.05. The molecule has 1 fully saturated rings. The van der Waals surface area contributed by atoms with E-state index in [9.17, 15) is 0 Å². The van der Waals surface area contributed by atoms with Crippen LogP contribution in [0.15, 0.2) is 18.2 Å². The van der Waals surface area contributed by atoms with E-state index in [0.717, 1.165) is 19.7 Å². The third kappa shape index (κ3) is 2.88. The molecule has 0 spiro atoms. The van der Waals surface area contributed by atoms with Crippen LogP contribution >= 0.6 is 0 Å². The Kier molecular flexibility index (Phi) is 4.19. The predicted molar refractivity (Wildman–Crippen MR) is 71.3 cm³/mol. The molecule has 0 radical (unpaired) electrons. The molecule has 1 heterocycles. The van der Waals surface area contributed by atoms with Crippen LogP contribution in [0.1, 0.15) is 36.1 Å². The largest absolute Gasteiger partial charge is 0.373 e. The fourth-order valence-electron chi connectivity index (χ4n) is 2.58. The molecular weight excluding hydrogens is 210 g/mol. The zero-order valence-corrected chi connectivity index (χ0v) is 11.1. The van der Waals surface area contributed by atoms with Gasteiger partial charge < -0.3 is 10.1 Å². The molecule has 1 aliphatic heterocycles. The molecule has 17 heavy (non-hydrogen) atoms. The van der Waals surface area contributed by atoms with Crippen LogP contribution in [0.2, 0.25) is 0 Å². The van der Waals surface area contributed by atoms with Gasteiger partial charge in [-0.15, -0.1) is 0 Å². The summed E-state index contributed by atoms with van der Waals surface area (Å²) >= 11 is 0. The molecule has 2 unspecified atom stereocenters. The third-order valence-corrected chi connectivity index (χ3v) is 3.61. The first-order valence-electron chi connectivity index (χ1n) is 6.62. The summed E-state index contributed by atoms with van der Waals surface area (Å²) in [6, 6.07) is 6.66. The highest BCUT2D eigenvalue weighted by Crippen LogP contribution is 2.36. The minimum Gasteiger partial charge on any atom is -0.373 e. The van der Waals surface area contributed by atoms with Crippen LogP contribution in [-0.4, -0.2) is 19.7 Å². The van der Waals surface area contributed by atoms with Crippen molar-refractivity contribution in [3.63, 3.8) is 0 Å². The lowest BCUT2D eigenvalue weighted by molar-refractivity contribution is 0.0901. The summed E-state index contributed by atoms with van der Waals surface area (Å²) in [4.78, 5) is 0. The maximum atomic E-state index is 5.94. The molecule has 1 N–H and O–H groups in total. The second kappa shape index (κ2) is 5.65. The molecular formula is C15H23NO. The zero-order chi connectivity index (χ0) is 12.3. The van der Waals surface area contributed by atoms with E-state index in [2.05, 4.69) is 44.3 Å². The lowest BCUT2D eigenvalue weighted by Crippen LogP contribution is -2.24. The molecule has 0 amide bonds. The highest BCUT2D eigenvalue weighted by Gasteiger charge is 2.30. The number of benzene rings is 1. The average Bonchev–Trinajstić information content (AvgIpc) is 2.77. The first-order chi connectivity index (χ1) is 8.22. The third-order valence-electron chi connectivity index (χ3n) is 3.61. The number of rotatable bonds is 4. The van der Waals surface area contributed by atoms with Crippen LogP contribution in [0.5, 0.6) is 0 Å². The van der Waals surface area contributed by atoms with E-state index in [-0.39, 0.29) is 6.10 Å². The van der Waals surface area contributed by atoms with Crippen molar-refractivity contribution in [2.75, 3.05) is 19.7 Å². The Labute approximate surface area is 104 Å². The van der Waals surface area contributed by atoms with E-state index in [1.165, 1.54) is 23.1 Å². The van der Waals surface area contributed by atoms with E-state index in [4.69, 9.17) is 4.74 Å². The van der Waals surface area contributed by atoms with Gasteiger partial charge in [0.15, 0.2) is 0 Å². The number of hydrogen-bond donors (Lipinski definition) is 1. The van der Waals surface area contributed by atoms with Crippen LogP contribution in [0, 0.1) is 19.8 Å². The molecule has 2 atom stereocenters. The van der Waals surface area contributed by atoms with Crippen molar-refractivity contribution in [3.8, 4) is 0 Å².